The van der Waals surface area contributed by atoms with Gasteiger partial charge >= 0.3 is 0 Å². The Hall–Kier alpha value is -2.47. The van der Waals surface area contributed by atoms with Gasteiger partial charge in [0.1, 0.15) is 12.2 Å². The predicted octanol–water partition coefficient (Wildman–Crippen LogP) is 3.72. The van der Waals surface area contributed by atoms with E-state index in [-0.39, 0.29) is 5.41 Å². The van der Waals surface area contributed by atoms with Crippen molar-refractivity contribution in [3.8, 4) is 5.69 Å². The number of hydrogen-bond acceptors (Lipinski definition) is 4. The van der Waals surface area contributed by atoms with Crippen molar-refractivity contribution in [2.24, 2.45) is 0 Å². The summed E-state index contributed by atoms with van der Waals surface area (Å²) in [5, 5.41) is 14.7. The van der Waals surface area contributed by atoms with Gasteiger partial charge in [0.25, 0.3) is 0 Å². The summed E-state index contributed by atoms with van der Waals surface area (Å²) in [5.74, 6) is 0.873. The van der Waals surface area contributed by atoms with E-state index in [1.165, 1.54) is 0 Å². The molecule has 6 nitrogen and oxygen atoms in total. The maximum Gasteiger partial charge on any atom is 0.174 e. The zero-order chi connectivity index (χ0) is 17.1. The number of aromatic nitrogens is 6. The molecule has 4 rings (SSSR count). The molecule has 1 aromatic carbocycles. The molecule has 0 N–H and O–H groups in total. The van der Waals surface area contributed by atoms with Gasteiger partial charge < -0.3 is 0 Å². The molecule has 4 aromatic rings. The van der Waals surface area contributed by atoms with Crippen molar-refractivity contribution in [1.82, 2.24) is 29.4 Å². The second-order valence-electron chi connectivity index (χ2n) is 6.94. The van der Waals surface area contributed by atoms with Crippen LogP contribution >= 0.6 is 11.6 Å². The molecule has 0 aliphatic heterocycles. The Labute approximate surface area is 144 Å². The van der Waals surface area contributed by atoms with Crippen molar-refractivity contribution in [2.45, 2.75) is 33.1 Å². The van der Waals surface area contributed by atoms with E-state index in [0.717, 1.165) is 33.8 Å². The lowest BCUT2D eigenvalue weighted by Gasteiger charge is -2.15. The molecule has 0 unspecified atom stereocenters. The first kappa shape index (κ1) is 15.1. The summed E-state index contributed by atoms with van der Waals surface area (Å²) >= 11 is 6.24. The standard InChI is InChI=1S/C17H17ClN6/c1-10-5-6-11(7-13(10)18)24-14-12(8-20-24)15-21-22-16(17(2,3)4)23(15)9-19-14/h5-9H,1-4H3. The number of hydrogen-bond donors (Lipinski definition) is 0. The van der Waals surface area contributed by atoms with Gasteiger partial charge in [0, 0.05) is 10.4 Å². The highest BCUT2D eigenvalue weighted by Gasteiger charge is 2.22. The molecule has 0 amide bonds. The quantitative estimate of drug-likeness (QED) is 0.530. The Morgan fingerprint density at radius 3 is 2.58 bits per heavy atom. The van der Waals surface area contributed by atoms with Crippen molar-refractivity contribution < 1.29 is 0 Å². The molecule has 0 radical (unpaired) electrons. The molecule has 0 saturated heterocycles. The minimum atomic E-state index is -0.116. The van der Waals surface area contributed by atoms with E-state index in [0.29, 0.717) is 5.02 Å². The van der Waals surface area contributed by atoms with Crippen LogP contribution in [0, 0.1) is 6.92 Å². The van der Waals surface area contributed by atoms with E-state index in [2.05, 4.69) is 41.1 Å². The van der Waals surface area contributed by atoms with Gasteiger partial charge in [0.15, 0.2) is 11.3 Å². The molecular formula is C17H17ClN6. The molecule has 3 heterocycles. The lowest BCUT2D eigenvalue weighted by Crippen LogP contribution is -2.16. The maximum atomic E-state index is 6.24. The third-order valence-electron chi connectivity index (χ3n) is 4.05. The molecule has 0 bridgehead atoms. The smallest absolute Gasteiger partial charge is 0.174 e. The Morgan fingerprint density at radius 2 is 1.88 bits per heavy atom. The number of halogens is 1. The molecule has 3 aromatic heterocycles. The number of rotatable bonds is 1. The second-order valence-corrected chi connectivity index (χ2v) is 7.35. The minimum absolute atomic E-state index is 0.116. The first-order valence-electron chi connectivity index (χ1n) is 7.71. The normalized spacial score (nSPS) is 12.4. The summed E-state index contributed by atoms with van der Waals surface area (Å²) in [4.78, 5) is 4.58. The summed E-state index contributed by atoms with van der Waals surface area (Å²) in [5.41, 5.74) is 3.27. The zero-order valence-electron chi connectivity index (χ0n) is 13.9. The van der Waals surface area contributed by atoms with E-state index in [1.54, 1.807) is 17.2 Å². The van der Waals surface area contributed by atoms with E-state index in [9.17, 15) is 0 Å². The fourth-order valence-electron chi connectivity index (χ4n) is 2.73. The molecule has 0 fully saturated rings. The number of nitrogens with zero attached hydrogens (tertiary/aromatic N) is 6. The maximum absolute atomic E-state index is 6.24. The Balaban J connectivity index is 1.96. The Morgan fingerprint density at radius 1 is 1.08 bits per heavy atom. The van der Waals surface area contributed by atoms with Crippen molar-refractivity contribution in [3.05, 3.63) is 47.1 Å². The van der Waals surface area contributed by atoms with Gasteiger partial charge in [-0.05, 0) is 24.6 Å². The lowest BCUT2D eigenvalue weighted by atomic mass is 9.96. The van der Waals surface area contributed by atoms with Crippen LogP contribution in [-0.2, 0) is 5.41 Å². The SMILES string of the molecule is Cc1ccc(-n2ncc3c2ncn2c(C(C)(C)C)nnc32)cc1Cl. The zero-order valence-corrected chi connectivity index (χ0v) is 14.7. The van der Waals surface area contributed by atoms with Crippen LogP contribution in [0.5, 0.6) is 0 Å². The number of aryl methyl sites for hydroxylation is 1. The van der Waals surface area contributed by atoms with Gasteiger partial charge in [-0.25, -0.2) is 9.67 Å². The summed E-state index contributed by atoms with van der Waals surface area (Å²) in [6, 6.07) is 5.84. The van der Waals surface area contributed by atoms with Crippen molar-refractivity contribution in [3.63, 3.8) is 0 Å². The molecule has 24 heavy (non-hydrogen) atoms. The summed E-state index contributed by atoms with van der Waals surface area (Å²) in [6.07, 6.45) is 3.53. The molecule has 0 saturated carbocycles. The fraction of sp³-hybridized carbons (Fsp3) is 0.294. The number of benzene rings is 1. The van der Waals surface area contributed by atoms with Gasteiger partial charge in [0.05, 0.1) is 17.3 Å². The highest BCUT2D eigenvalue weighted by atomic mass is 35.5. The van der Waals surface area contributed by atoms with Crippen LogP contribution in [0.15, 0.2) is 30.7 Å². The van der Waals surface area contributed by atoms with Crippen LogP contribution in [0.4, 0.5) is 0 Å². The lowest BCUT2D eigenvalue weighted by molar-refractivity contribution is 0.537. The largest absolute Gasteiger partial charge is 0.268 e. The second kappa shape index (κ2) is 5.01. The molecule has 0 aliphatic carbocycles. The van der Waals surface area contributed by atoms with Gasteiger partial charge in [-0.15, -0.1) is 10.2 Å². The van der Waals surface area contributed by atoms with Crippen LogP contribution in [-0.4, -0.2) is 29.4 Å². The molecule has 122 valence electrons. The summed E-state index contributed by atoms with van der Waals surface area (Å²) in [7, 11) is 0. The molecule has 0 spiro atoms. The van der Waals surface area contributed by atoms with Crippen LogP contribution in [0.3, 0.4) is 0 Å². The van der Waals surface area contributed by atoms with Crippen molar-refractivity contribution >= 4 is 28.3 Å². The highest BCUT2D eigenvalue weighted by molar-refractivity contribution is 6.31. The van der Waals surface area contributed by atoms with Crippen molar-refractivity contribution in [1.29, 1.82) is 0 Å². The molecule has 0 atom stereocenters. The summed E-state index contributed by atoms with van der Waals surface area (Å²) in [6.45, 7) is 8.28. The minimum Gasteiger partial charge on any atom is -0.268 e. The van der Waals surface area contributed by atoms with Crippen LogP contribution in [0.2, 0.25) is 5.02 Å². The van der Waals surface area contributed by atoms with Gasteiger partial charge in [-0.3, -0.25) is 4.40 Å². The van der Waals surface area contributed by atoms with Crippen LogP contribution in [0.1, 0.15) is 32.2 Å². The molecular weight excluding hydrogens is 324 g/mol. The van der Waals surface area contributed by atoms with Gasteiger partial charge in [-0.2, -0.15) is 5.10 Å². The number of fused-ring (bicyclic) bond motifs is 3. The summed E-state index contributed by atoms with van der Waals surface area (Å²) < 4.78 is 3.70. The van der Waals surface area contributed by atoms with Crippen LogP contribution < -0.4 is 0 Å². The topological polar surface area (TPSA) is 60.9 Å². The van der Waals surface area contributed by atoms with Crippen molar-refractivity contribution in [2.75, 3.05) is 0 Å². The Bertz CT molecular complexity index is 1070. The highest BCUT2D eigenvalue weighted by Crippen LogP contribution is 2.26. The predicted molar refractivity (Wildman–Crippen MR) is 93.9 cm³/mol. The molecule has 0 aliphatic rings. The third kappa shape index (κ3) is 2.17. The average Bonchev–Trinajstić information content (AvgIpc) is 3.12. The van der Waals surface area contributed by atoms with E-state index < -0.39 is 0 Å². The first-order chi connectivity index (χ1) is 11.4. The van der Waals surface area contributed by atoms with E-state index in [1.807, 2.05) is 29.5 Å². The Kier molecular flexibility index (Phi) is 3.15. The average molecular weight is 341 g/mol. The molecule has 7 heteroatoms. The third-order valence-corrected chi connectivity index (χ3v) is 4.45. The van der Waals surface area contributed by atoms with E-state index >= 15 is 0 Å². The first-order valence-corrected chi connectivity index (χ1v) is 8.08. The van der Waals surface area contributed by atoms with Gasteiger partial charge in [0.2, 0.25) is 0 Å². The van der Waals surface area contributed by atoms with E-state index in [4.69, 9.17) is 11.6 Å². The van der Waals surface area contributed by atoms with Gasteiger partial charge in [-0.1, -0.05) is 38.4 Å². The monoisotopic (exact) mass is 340 g/mol. The fourth-order valence-corrected chi connectivity index (χ4v) is 2.91. The van der Waals surface area contributed by atoms with Crippen LogP contribution in [0.25, 0.3) is 22.4 Å².